The molecule has 0 atom stereocenters. The predicted octanol–water partition coefficient (Wildman–Crippen LogP) is 1.73. The van der Waals surface area contributed by atoms with Crippen molar-refractivity contribution in [2.45, 2.75) is 26.7 Å². The summed E-state index contributed by atoms with van der Waals surface area (Å²) < 4.78 is 0. The summed E-state index contributed by atoms with van der Waals surface area (Å²) in [5.41, 5.74) is 1.54. The Hall–Kier alpha value is -1.91. The molecule has 1 aromatic rings. The summed E-state index contributed by atoms with van der Waals surface area (Å²) in [5.74, 6) is 0.198. The Bertz CT molecular complexity index is 484. The molecule has 0 unspecified atom stereocenters. The second-order valence-electron chi connectivity index (χ2n) is 5.03. The summed E-state index contributed by atoms with van der Waals surface area (Å²) >= 11 is 0. The first-order valence-electron chi connectivity index (χ1n) is 7.11. The molecule has 1 fully saturated rings. The van der Waals surface area contributed by atoms with Gasteiger partial charge in [-0.05, 0) is 18.6 Å². The van der Waals surface area contributed by atoms with Crippen LogP contribution in [0.5, 0.6) is 0 Å². The molecular formula is C15H21N3O2. The lowest BCUT2D eigenvalue weighted by Crippen LogP contribution is -2.33. The molecule has 0 radical (unpaired) electrons. The van der Waals surface area contributed by atoms with Crippen LogP contribution in [0.2, 0.25) is 0 Å². The quantitative estimate of drug-likeness (QED) is 0.788. The van der Waals surface area contributed by atoms with Crippen molar-refractivity contribution < 1.29 is 9.59 Å². The molecule has 1 aliphatic heterocycles. The molecule has 0 aromatic carbocycles. The van der Waals surface area contributed by atoms with Gasteiger partial charge >= 0.3 is 0 Å². The molecule has 2 rings (SSSR count). The molecule has 0 aliphatic carbocycles. The number of rotatable bonds is 3. The van der Waals surface area contributed by atoms with Crippen LogP contribution in [0.15, 0.2) is 18.3 Å². The second kappa shape index (κ2) is 6.50. The van der Waals surface area contributed by atoms with E-state index < -0.39 is 0 Å². The largest absolute Gasteiger partial charge is 0.368 e. The van der Waals surface area contributed by atoms with Crippen LogP contribution >= 0.6 is 0 Å². The highest BCUT2D eigenvalue weighted by atomic mass is 16.2. The van der Waals surface area contributed by atoms with Gasteiger partial charge in [-0.2, -0.15) is 0 Å². The van der Waals surface area contributed by atoms with E-state index in [9.17, 15) is 9.59 Å². The summed E-state index contributed by atoms with van der Waals surface area (Å²) in [6, 6.07) is 3.73. The maximum atomic E-state index is 11.6. The molecule has 1 saturated heterocycles. The number of carbonyl (C=O) groups is 2. The number of hydrogen-bond acceptors (Lipinski definition) is 4. The van der Waals surface area contributed by atoms with Crippen LogP contribution < -0.4 is 4.90 Å². The minimum Gasteiger partial charge on any atom is -0.368 e. The summed E-state index contributed by atoms with van der Waals surface area (Å²) in [5, 5.41) is 0. The van der Waals surface area contributed by atoms with Gasteiger partial charge in [0.05, 0.1) is 11.9 Å². The topological polar surface area (TPSA) is 53.5 Å². The fourth-order valence-corrected chi connectivity index (χ4v) is 2.41. The summed E-state index contributed by atoms with van der Waals surface area (Å²) in [7, 11) is 0. The van der Waals surface area contributed by atoms with Crippen molar-refractivity contribution in [1.82, 2.24) is 9.88 Å². The minimum atomic E-state index is 0.0650. The average molecular weight is 275 g/mol. The SMILES string of the molecule is CCC(=O)c1ccc(N2CCCN(C(C)=O)CC2)cn1. The van der Waals surface area contributed by atoms with Crippen molar-refractivity contribution in [3.05, 3.63) is 24.0 Å². The Morgan fingerprint density at radius 1 is 1.20 bits per heavy atom. The number of amides is 1. The van der Waals surface area contributed by atoms with Gasteiger partial charge < -0.3 is 9.80 Å². The van der Waals surface area contributed by atoms with E-state index in [2.05, 4.69) is 9.88 Å². The molecule has 0 saturated carbocycles. The number of ketones is 1. The molecule has 1 aromatic heterocycles. The standard InChI is InChI=1S/C15H21N3O2/c1-3-15(20)14-6-5-13(11-16-14)18-8-4-7-17(9-10-18)12(2)19/h5-6,11H,3-4,7-10H2,1-2H3. The Morgan fingerprint density at radius 3 is 2.60 bits per heavy atom. The molecule has 0 spiro atoms. The van der Waals surface area contributed by atoms with E-state index in [1.54, 1.807) is 19.2 Å². The van der Waals surface area contributed by atoms with Crippen LogP contribution in [0.25, 0.3) is 0 Å². The van der Waals surface area contributed by atoms with E-state index in [0.717, 1.165) is 38.3 Å². The molecule has 5 nitrogen and oxygen atoms in total. The van der Waals surface area contributed by atoms with Crippen LogP contribution in [-0.2, 0) is 4.79 Å². The average Bonchev–Trinajstić information content (AvgIpc) is 2.72. The Morgan fingerprint density at radius 2 is 2.00 bits per heavy atom. The Balaban J connectivity index is 2.04. The predicted molar refractivity (Wildman–Crippen MR) is 77.9 cm³/mol. The van der Waals surface area contributed by atoms with Gasteiger partial charge in [-0.1, -0.05) is 6.92 Å². The first-order valence-corrected chi connectivity index (χ1v) is 7.11. The monoisotopic (exact) mass is 275 g/mol. The zero-order valence-electron chi connectivity index (χ0n) is 12.1. The zero-order valence-corrected chi connectivity index (χ0v) is 12.1. The van der Waals surface area contributed by atoms with Gasteiger partial charge in [-0.3, -0.25) is 14.6 Å². The van der Waals surface area contributed by atoms with Gasteiger partial charge in [0.15, 0.2) is 5.78 Å². The molecular weight excluding hydrogens is 254 g/mol. The van der Waals surface area contributed by atoms with Crippen LogP contribution in [0.4, 0.5) is 5.69 Å². The number of pyridine rings is 1. The van der Waals surface area contributed by atoms with Gasteiger partial charge in [0, 0.05) is 39.5 Å². The first-order chi connectivity index (χ1) is 9.61. The molecule has 5 heteroatoms. The minimum absolute atomic E-state index is 0.0650. The highest BCUT2D eigenvalue weighted by Gasteiger charge is 2.17. The molecule has 1 amide bonds. The fraction of sp³-hybridized carbons (Fsp3) is 0.533. The Labute approximate surface area is 119 Å². The van der Waals surface area contributed by atoms with E-state index in [0.29, 0.717) is 12.1 Å². The van der Waals surface area contributed by atoms with Crippen molar-refractivity contribution in [3.63, 3.8) is 0 Å². The third-order valence-corrected chi connectivity index (χ3v) is 3.66. The van der Waals surface area contributed by atoms with Crippen molar-refractivity contribution in [1.29, 1.82) is 0 Å². The summed E-state index contributed by atoms with van der Waals surface area (Å²) in [6.45, 7) is 6.72. The highest BCUT2D eigenvalue weighted by Crippen LogP contribution is 2.16. The van der Waals surface area contributed by atoms with Gasteiger partial charge in [0.2, 0.25) is 5.91 Å². The third kappa shape index (κ3) is 3.35. The normalized spacial score (nSPS) is 15.9. The fourth-order valence-electron chi connectivity index (χ4n) is 2.41. The van der Waals surface area contributed by atoms with E-state index in [-0.39, 0.29) is 11.7 Å². The first kappa shape index (κ1) is 14.5. The maximum Gasteiger partial charge on any atom is 0.219 e. The number of aromatic nitrogens is 1. The van der Waals surface area contributed by atoms with Gasteiger partial charge in [0.25, 0.3) is 0 Å². The van der Waals surface area contributed by atoms with Crippen molar-refractivity contribution in [3.8, 4) is 0 Å². The molecule has 0 N–H and O–H groups in total. The van der Waals surface area contributed by atoms with Gasteiger partial charge in [0.1, 0.15) is 5.69 Å². The van der Waals surface area contributed by atoms with E-state index in [1.807, 2.05) is 17.9 Å². The van der Waals surface area contributed by atoms with Crippen molar-refractivity contribution in [2.24, 2.45) is 0 Å². The zero-order chi connectivity index (χ0) is 14.5. The molecule has 1 aliphatic rings. The van der Waals surface area contributed by atoms with E-state index in [1.165, 1.54) is 0 Å². The lowest BCUT2D eigenvalue weighted by Gasteiger charge is -2.23. The van der Waals surface area contributed by atoms with Crippen molar-refractivity contribution >= 4 is 17.4 Å². The highest BCUT2D eigenvalue weighted by molar-refractivity contribution is 5.94. The Kier molecular flexibility index (Phi) is 4.71. The molecule has 20 heavy (non-hydrogen) atoms. The third-order valence-electron chi connectivity index (χ3n) is 3.66. The maximum absolute atomic E-state index is 11.6. The van der Waals surface area contributed by atoms with Gasteiger partial charge in [-0.25, -0.2) is 0 Å². The summed E-state index contributed by atoms with van der Waals surface area (Å²) in [6.07, 6.45) is 3.19. The van der Waals surface area contributed by atoms with E-state index in [4.69, 9.17) is 0 Å². The second-order valence-corrected chi connectivity index (χ2v) is 5.03. The summed E-state index contributed by atoms with van der Waals surface area (Å²) in [4.78, 5) is 31.3. The lowest BCUT2D eigenvalue weighted by molar-refractivity contribution is -0.128. The van der Waals surface area contributed by atoms with Crippen LogP contribution in [0.1, 0.15) is 37.2 Å². The lowest BCUT2D eigenvalue weighted by atomic mass is 10.2. The molecule has 0 bridgehead atoms. The van der Waals surface area contributed by atoms with E-state index >= 15 is 0 Å². The van der Waals surface area contributed by atoms with Crippen LogP contribution in [0, 0.1) is 0 Å². The molecule has 2 heterocycles. The number of carbonyl (C=O) groups excluding carboxylic acids is 2. The molecule has 108 valence electrons. The van der Waals surface area contributed by atoms with Crippen LogP contribution in [0.3, 0.4) is 0 Å². The van der Waals surface area contributed by atoms with Gasteiger partial charge in [-0.15, -0.1) is 0 Å². The number of nitrogens with zero attached hydrogens (tertiary/aromatic N) is 3. The smallest absolute Gasteiger partial charge is 0.219 e. The van der Waals surface area contributed by atoms with Crippen LogP contribution in [-0.4, -0.2) is 47.8 Å². The van der Waals surface area contributed by atoms with Crippen molar-refractivity contribution in [2.75, 3.05) is 31.1 Å². The number of Topliss-reactive ketones (excluding diaryl/α,β-unsaturated/α-hetero) is 1. The number of hydrogen-bond donors (Lipinski definition) is 0. The number of anilines is 1.